The van der Waals surface area contributed by atoms with E-state index in [1.165, 1.54) is 0 Å². The van der Waals surface area contributed by atoms with E-state index in [9.17, 15) is 0 Å². The molecule has 8 nitrogen and oxygen atoms in total. The van der Waals surface area contributed by atoms with Gasteiger partial charge in [0.1, 0.15) is 0 Å². The normalized spacial score (nSPS) is 7.45. The van der Waals surface area contributed by atoms with Gasteiger partial charge < -0.3 is 24.4 Å². The zero-order valence-electron chi connectivity index (χ0n) is 4.35. The molecule has 0 saturated heterocycles. The van der Waals surface area contributed by atoms with Gasteiger partial charge in [-0.15, -0.1) is 0 Å². The topological polar surface area (TPSA) is 146 Å². The number of nitrogens with zero attached hydrogens (tertiary/aromatic N) is 1. The van der Waals surface area contributed by atoms with E-state index in [-0.39, 0.29) is 33.8 Å². The summed E-state index contributed by atoms with van der Waals surface area (Å²) in [6, 6.07) is 0. The number of hydrogen-bond acceptors (Lipinski definition) is 7. The van der Waals surface area contributed by atoms with Crippen molar-refractivity contribution in [3.63, 3.8) is 0 Å². The summed E-state index contributed by atoms with van der Waals surface area (Å²) in [7, 11) is -5.17. The Morgan fingerprint density at radius 2 is 1.09 bits per heavy atom. The molecule has 0 aromatic carbocycles. The largest absolute Gasteiger partial charge is 2.00 e. The van der Waals surface area contributed by atoms with E-state index in [1.807, 2.05) is 0 Å². The zero-order chi connectivity index (χ0) is 8.08. The maximum Gasteiger partial charge on any atom is 2.00 e. The van der Waals surface area contributed by atoms with E-state index in [0.29, 0.717) is 0 Å². The molecule has 2 radical (unpaired) electrons. The van der Waals surface area contributed by atoms with Crippen molar-refractivity contribution in [1.29, 1.82) is 0 Å². The van der Waals surface area contributed by atoms with Crippen LogP contribution in [0.15, 0.2) is 0 Å². The van der Waals surface area contributed by atoms with Gasteiger partial charge in [0.05, 0.1) is 5.09 Å². The zero-order valence-corrected chi connectivity index (χ0v) is 7.15. The van der Waals surface area contributed by atoms with Crippen molar-refractivity contribution < 1.29 is 56.5 Å². The summed E-state index contributed by atoms with van der Waals surface area (Å²) < 4.78 is 34.1. The average Bonchev–Trinajstić information content (AvgIpc) is 1.19. The Morgan fingerprint density at radius 3 is 1.09 bits per heavy atom. The predicted octanol–water partition coefficient (Wildman–Crippen LogP) is -1.58. The first-order valence-electron chi connectivity index (χ1n) is 1.21. The molecule has 0 aromatic heterocycles. The maximum absolute atomic E-state index is 8.52. The van der Waals surface area contributed by atoms with Gasteiger partial charge in [0.2, 0.25) is 0 Å². The summed E-state index contributed by atoms with van der Waals surface area (Å²) in [6.45, 7) is 0. The van der Waals surface area contributed by atoms with Gasteiger partial charge in [-0.25, -0.2) is 0 Å². The van der Waals surface area contributed by atoms with Gasteiger partial charge in [-0.05, 0) is 0 Å². The molecule has 0 rings (SSSR count). The van der Waals surface area contributed by atoms with Gasteiger partial charge in [0, 0.05) is 10.4 Å². The second kappa shape index (κ2) is 10.1. The van der Waals surface area contributed by atoms with Gasteiger partial charge in [-0.1, -0.05) is 0 Å². The molecule has 0 bridgehead atoms. The van der Waals surface area contributed by atoms with Crippen molar-refractivity contribution in [1.82, 2.24) is 0 Å². The molecule has 0 unspecified atom stereocenters. The Balaban J connectivity index is -0.0000000383. The minimum absolute atomic E-state index is 0. The van der Waals surface area contributed by atoms with Crippen molar-refractivity contribution in [3.05, 3.63) is 15.3 Å². The fourth-order valence-electron chi connectivity index (χ4n) is 0. The van der Waals surface area contributed by atoms with Gasteiger partial charge in [0.25, 0.3) is 0 Å². The Kier molecular flexibility index (Phi) is 20.6. The summed E-state index contributed by atoms with van der Waals surface area (Å²) in [4.78, 5) is 8.25. The van der Waals surface area contributed by atoms with E-state index in [2.05, 4.69) is 0 Å². The van der Waals surface area contributed by atoms with E-state index >= 15 is 0 Å². The summed E-state index contributed by atoms with van der Waals surface area (Å²) in [5.74, 6) is 0. The van der Waals surface area contributed by atoms with Crippen LogP contribution in [0.2, 0.25) is 0 Å². The molecule has 0 heterocycles. The minimum atomic E-state index is -5.17. The number of hydrogen-bond donors (Lipinski definition) is 0. The Hall–Kier alpha value is 0.0960. The Labute approximate surface area is 82.3 Å². The summed E-state index contributed by atoms with van der Waals surface area (Å²) >= 11 is 0. The third-order valence-electron chi connectivity index (χ3n) is 0. The molecule has 11 heteroatoms. The SMILES string of the molecule is O=S(=O)([O-])[O-].O=[N+]([O-])[O-].[Co+2].[Cu+2]. The molecule has 0 spiro atoms. The van der Waals surface area contributed by atoms with Gasteiger partial charge >= 0.3 is 33.8 Å². The van der Waals surface area contributed by atoms with Crippen molar-refractivity contribution in [2.45, 2.75) is 0 Å². The first-order chi connectivity index (χ1) is 3.73. The number of rotatable bonds is 0. The predicted molar refractivity (Wildman–Crippen MR) is 20.8 cm³/mol. The molecular formula is CoCuNO7S+. The third-order valence-corrected chi connectivity index (χ3v) is 0. The molecule has 0 saturated carbocycles. The minimum Gasteiger partial charge on any atom is -0.759 e. The van der Waals surface area contributed by atoms with Crippen LogP contribution in [0.25, 0.3) is 0 Å². The summed E-state index contributed by atoms with van der Waals surface area (Å²) in [5.41, 5.74) is 0. The molecule has 72 valence electrons. The van der Waals surface area contributed by atoms with Crippen LogP contribution >= 0.6 is 0 Å². The van der Waals surface area contributed by atoms with Crippen LogP contribution < -0.4 is 0 Å². The Morgan fingerprint density at radius 1 is 1.09 bits per heavy atom. The van der Waals surface area contributed by atoms with Crippen LogP contribution in [0.5, 0.6) is 0 Å². The van der Waals surface area contributed by atoms with Crippen LogP contribution in [-0.4, -0.2) is 22.6 Å². The third kappa shape index (κ3) is 71800. The van der Waals surface area contributed by atoms with Crippen molar-refractivity contribution in [3.8, 4) is 0 Å². The Bertz CT molecular complexity index is 161. The van der Waals surface area contributed by atoms with Gasteiger partial charge in [-0.2, -0.15) is 0 Å². The first kappa shape index (κ1) is 22.5. The molecule has 11 heavy (non-hydrogen) atoms. The van der Waals surface area contributed by atoms with Crippen molar-refractivity contribution in [2.24, 2.45) is 0 Å². The molecule has 0 atom stereocenters. The van der Waals surface area contributed by atoms with Crippen LogP contribution in [0.4, 0.5) is 0 Å². The standard InChI is InChI=1S/Co.Cu.NO3.H2O4S/c;;2-1(3)4;1-5(2,3)4/h;;;(H2,1,2,3,4)/q2*+2;-1;/p-2. The van der Waals surface area contributed by atoms with Crippen LogP contribution in [0.1, 0.15) is 0 Å². The molecule has 0 aliphatic heterocycles. The fourth-order valence-corrected chi connectivity index (χ4v) is 0. The van der Waals surface area contributed by atoms with Crippen molar-refractivity contribution in [2.75, 3.05) is 0 Å². The average molecular weight is 281 g/mol. The molecular weight excluding hydrogens is 281 g/mol. The molecule has 0 aromatic rings. The fraction of sp³-hybridized carbons (Fsp3) is 0. The van der Waals surface area contributed by atoms with E-state index in [0.717, 1.165) is 0 Å². The summed E-state index contributed by atoms with van der Waals surface area (Å²) in [5, 5.41) is 14.8. The second-order valence-corrected chi connectivity index (χ2v) is 1.45. The molecule has 0 N–H and O–H groups in total. The van der Waals surface area contributed by atoms with Crippen LogP contribution in [-0.2, 0) is 44.2 Å². The van der Waals surface area contributed by atoms with Crippen LogP contribution in [0, 0.1) is 15.3 Å². The van der Waals surface area contributed by atoms with Crippen LogP contribution in [0.3, 0.4) is 0 Å². The smallest absolute Gasteiger partial charge is 0.759 e. The molecule has 0 aliphatic carbocycles. The van der Waals surface area contributed by atoms with E-state index < -0.39 is 15.5 Å². The van der Waals surface area contributed by atoms with Crippen molar-refractivity contribution >= 4 is 10.4 Å². The monoisotopic (exact) mass is 280 g/mol. The second-order valence-electron chi connectivity index (χ2n) is 0.632. The molecule has 0 fully saturated rings. The molecule has 0 amide bonds. The van der Waals surface area contributed by atoms with Gasteiger partial charge in [-0.3, -0.25) is 8.42 Å². The first-order valence-corrected chi connectivity index (χ1v) is 2.55. The maximum atomic E-state index is 8.52. The van der Waals surface area contributed by atoms with Gasteiger partial charge in [0.15, 0.2) is 0 Å². The van der Waals surface area contributed by atoms with E-state index in [4.69, 9.17) is 32.8 Å². The van der Waals surface area contributed by atoms with E-state index in [1.54, 1.807) is 0 Å². The quantitative estimate of drug-likeness (QED) is 0.171. The molecule has 0 aliphatic rings. The summed E-state index contributed by atoms with van der Waals surface area (Å²) in [6.07, 6.45) is 0.